The van der Waals surface area contributed by atoms with Crippen LogP contribution in [0.25, 0.3) is 0 Å². The van der Waals surface area contributed by atoms with Gasteiger partial charge in [0.15, 0.2) is 5.78 Å². The summed E-state index contributed by atoms with van der Waals surface area (Å²) in [4.78, 5) is 13.4. The van der Waals surface area contributed by atoms with Crippen LogP contribution in [0.2, 0.25) is 0 Å². The maximum absolute atomic E-state index is 13.4. The van der Waals surface area contributed by atoms with Crippen LogP contribution in [0.3, 0.4) is 0 Å². The number of rotatable bonds is 2. The van der Waals surface area contributed by atoms with Gasteiger partial charge in [0.2, 0.25) is 0 Å². The molecule has 4 saturated carbocycles. The standard InChI is InChI=1S/C25H38O4/c1-23-10-6-16(26)12-15(23)13-19(27)21-17(23)7-11-24(2)18(21)14-20(28)22(24)25(29-3)8-4-5-9-25/h13,16-18,20-22,26,28H,4-12,14H2,1-3H3/t16-,17?,18?,20+,21?,22-,23-,24-/m0/s1. The maximum atomic E-state index is 13.4. The summed E-state index contributed by atoms with van der Waals surface area (Å²) in [6.07, 6.45) is 11.0. The molecular weight excluding hydrogens is 364 g/mol. The molecule has 8 atom stereocenters. The number of ether oxygens (including phenoxy) is 1. The van der Waals surface area contributed by atoms with Crippen LogP contribution in [0, 0.1) is 34.5 Å². The van der Waals surface area contributed by atoms with Crippen LogP contribution in [0.5, 0.6) is 0 Å². The highest BCUT2D eigenvalue weighted by Crippen LogP contribution is 2.68. The predicted octanol–water partition coefficient (Wildman–Crippen LogP) is 4.04. The number of ketones is 1. The van der Waals surface area contributed by atoms with E-state index < -0.39 is 0 Å². The van der Waals surface area contributed by atoms with Gasteiger partial charge in [0.25, 0.3) is 0 Å². The number of allylic oxidation sites excluding steroid dienone is 1. The Kier molecular flexibility index (Phi) is 4.63. The van der Waals surface area contributed by atoms with Gasteiger partial charge < -0.3 is 14.9 Å². The van der Waals surface area contributed by atoms with Gasteiger partial charge in [-0.1, -0.05) is 32.3 Å². The second kappa shape index (κ2) is 6.64. The Morgan fingerprint density at radius 2 is 1.76 bits per heavy atom. The topological polar surface area (TPSA) is 66.8 Å². The van der Waals surface area contributed by atoms with Crippen molar-refractivity contribution in [2.75, 3.05) is 7.11 Å². The van der Waals surface area contributed by atoms with Crippen LogP contribution >= 0.6 is 0 Å². The highest BCUT2D eigenvalue weighted by molar-refractivity contribution is 5.94. The van der Waals surface area contributed by atoms with Crippen LogP contribution in [-0.4, -0.2) is 40.9 Å². The van der Waals surface area contributed by atoms with E-state index in [1.807, 2.05) is 13.2 Å². The monoisotopic (exact) mass is 402 g/mol. The number of methoxy groups -OCH3 is 1. The summed E-state index contributed by atoms with van der Waals surface area (Å²) in [7, 11) is 1.83. The third-order valence-corrected chi connectivity index (χ3v) is 10.4. The second-order valence-electron chi connectivity index (χ2n) is 11.4. The van der Waals surface area contributed by atoms with Gasteiger partial charge in [-0.2, -0.15) is 0 Å². The van der Waals surface area contributed by atoms with Crippen molar-refractivity contribution in [1.82, 2.24) is 0 Å². The van der Waals surface area contributed by atoms with E-state index in [9.17, 15) is 15.0 Å². The summed E-state index contributed by atoms with van der Waals surface area (Å²) in [5, 5.41) is 21.5. The first kappa shape index (κ1) is 20.2. The van der Waals surface area contributed by atoms with Crippen LogP contribution in [0.4, 0.5) is 0 Å². The largest absolute Gasteiger partial charge is 0.393 e. The van der Waals surface area contributed by atoms with Gasteiger partial charge in [0, 0.05) is 18.9 Å². The molecule has 4 heteroatoms. The molecule has 0 bridgehead atoms. The molecule has 0 aromatic carbocycles. The fraction of sp³-hybridized carbons (Fsp3) is 0.880. The van der Waals surface area contributed by atoms with E-state index in [1.54, 1.807) is 0 Å². The summed E-state index contributed by atoms with van der Waals surface area (Å²) in [5.41, 5.74) is 0.971. The Balaban J connectivity index is 1.53. The molecule has 2 N–H and O–H groups in total. The minimum Gasteiger partial charge on any atom is -0.393 e. The lowest BCUT2D eigenvalue weighted by atomic mass is 9.46. The molecule has 0 aliphatic heterocycles. The summed E-state index contributed by atoms with van der Waals surface area (Å²) in [6, 6.07) is 0. The smallest absolute Gasteiger partial charge is 0.159 e. The van der Waals surface area contributed by atoms with E-state index in [0.717, 1.165) is 44.9 Å². The van der Waals surface area contributed by atoms with E-state index in [0.29, 0.717) is 12.3 Å². The zero-order valence-electron chi connectivity index (χ0n) is 18.3. The normalized spacial score (nSPS) is 51.2. The Hall–Kier alpha value is -0.710. The first-order valence-electron chi connectivity index (χ1n) is 11.9. The summed E-state index contributed by atoms with van der Waals surface area (Å²) < 4.78 is 6.16. The van der Waals surface area contributed by atoms with E-state index in [4.69, 9.17) is 4.74 Å². The fourth-order valence-corrected chi connectivity index (χ4v) is 8.97. The van der Waals surface area contributed by atoms with Crippen molar-refractivity contribution in [1.29, 1.82) is 0 Å². The van der Waals surface area contributed by atoms with Crippen LogP contribution in [-0.2, 0) is 9.53 Å². The van der Waals surface area contributed by atoms with Crippen molar-refractivity contribution in [2.24, 2.45) is 34.5 Å². The molecule has 4 fully saturated rings. The van der Waals surface area contributed by atoms with Crippen molar-refractivity contribution in [3.63, 3.8) is 0 Å². The Bertz CT molecular complexity index is 722. The van der Waals surface area contributed by atoms with Crippen molar-refractivity contribution in [3.8, 4) is 0 Å². The second-order valence-corrected chi connectivity index (χ2v) is 11.4. The van der Waals surface area contributed by atoms with Crippen LogP contribution < -0.4 is 0 Å². The lowest BCUT2D eigenvalue weighted by Crippen LogP contribution is -2.56. The maximum Gasteiger partial charge on any atom is 0.159 e. The van der Waals surface area contributed by atoms with E-state index in [-0.39, 0.29) is 52.2 Å². The molecule has 3 unspecified atom stereocenters. The molecule has 0 heterocycles. The lowest BCUT2D eigenvalue weighted by molar-refractivity contribution is -0.151. The van der Waals surface area contributed by atoms with Gasteiger partial charge in [0.05, 0.1) is 17.8 Å². The highest BCUT2D eigenvalue weighted by Gasteiger charge is 2.67. The third kappa shape index (κ3) is 2.64. The highest BCUT2D eigenvalue weighted by atomic mass is 16.5. The average Bonchev–Trinajstić information content (AvgIpc) is 3.25. The van der Waals surface area contributed by atoms with Gasteiger partial charge in [-0.15, -0.1) is 0 Å². The predicted molar refractivity (Wildman–Crippen MR) is 111 cm³/mol. The molecule has 0 aromatic heterocycles. The molecule has 0 radical (unpaired) electrons. The summed E-state index contributed by atoms with van der Waals surface area (Å²) in [5.74, 6) is 1.01. The fourth-order valence-electron chi connectivity index (χ4n) is 8.97. The van der Waals surface area contributed by atoms with Crippen molar-refractivity contribution < 1.29 is 19.7 Å². The number of carbonyl (C=O) groups is 1. The Morgan fingerprint density at radius 1 is 1.03 bits per heavy atom. The molecular formula is C25H38O4. The molecule has 5 aliphatic carbocycles. The third-order valence-electron chi connectivity index (χ3n) is 10.4. The summed E-state index contributed by atoms with van der Waals surface area (Å²) >= 11 is 0. The zero-order chi connectivity index (χ0) is 20.6. The lowest BCUT2D eigenvalue weighted by Gasteiger charge is -2.58. The average molecular weight is 403 g/mol. The van der Waals surface area contributed by atoms with Gasteiger partial charge in [-0.05, 0) is 80.1 Å². The van der Waals surface area contributed by atoms with Gasteiger partial charge >= 0.3 is 0 Å². The van der Waals surface area contributed by atoms with E-state index >= 15 is 0 Å². The summed E-state index contributed by atoms with van der Waals surface area (Å²) in [6.45, 7) is 4.70. The molecule has 4 nitrogen and oxygen atoms in total. The first-order chi connectivity index (χ1) is 13.7. The van der Waals surface area contributed by atoms with E-state index in [2.05, 4.69) is 13.8 Å². The molecule has 162 valence electrons. The molecule has 0 saturated heterocycles. The number of hydrogen-bond donors (Lipinski definition) is 2. The molecule has 0 aromatic rings. The Morgan fingerprint density at radius 3 is 2.45 bits per heavy atom. The molecule has 29 heavy (non-hydrogen) atoms. The first-order valence-corrected chi connectivity index (χ1v) is 11.9. The number of fused-ring (bicyclic) bond motifs is 5. The van der Waals surface area contributed by atoms with E-state index in [1.165, 1.54) is 18.4 Å². The van der Waals surface area contributed by atoms with Crippen LogP contribution in [0.1, 0.15) is 78.1 Å². The van der Waals surface area contributed by atoms with Crippen molar-refractivity contribution >= 4 is 5.78 Å². The molecule has 5 rings (SSSR count). The number of carbonyl (C=O) groups excluding carboxylic acids is 1. The minimum atomic E-state index is -0.374. The van der Waals surface area contributed by atoms with Crippen molar-refractivity contribution in [2.45, 2.75) is 95.9 Å². The Labute approximate surface area is 175 Å². The molecule has 5 aliphatic rings. The minimum absolute atomic E-state index is 0.0210. The number of aliphatic hydroxyl groups is 2. The molecule has 0 spiro atoms. The zero-order valence-corrected chi connectivity index (χ0v) is 18.3. The SMILES string of the molecule is COC1([C@H]2[C@H](O)CC3C4C(=O)C=C5C[C@@H](O)CC[C@]5(C)C4CC[C@@]32C)CCCC1. The van der Waals surface area contributed by atoms with Gasteiger partial charge in [-0.25, -0.2) is 0 Å². The number of hydrogen-bond acceptors (Lipinski definition) is 4. The van der Waals surface area contributed by atoms with Crippen molar-refractivity contribution in [3.05, 3.63) is 11.6 Å². The number of aliphatic hydroxyl groups excluding tert-OH is 2. The van der Waals surface area contributed by atoms with Gasteiger partial charge in [0.1, 0.15) is 0 Å². The quantitative estimate of drug-likeness (QED) is 0.732. The molecule has 0 amide bonds. The van der Waals surface area contributed by atoms with Gasteiger partial charge in [-0.3, -0.25) is 4.79 Å². The van der Waals surface area contributed by atoms with Crippen LogP contribution in [0.15, 0.2) is 11.6 Å².